The highest BCUT2D eigenvalue weighted by Crippen LogP contribution is 2.33. The number of nitrogens with two attached hydrogens (primary N) is 1. The third kappa shape index (κ3) is 3.43. The molecule has 144 valence electrons. The zero-order chi connectivity index (χ0) is 19.7. The number of nitrogens with zero attached hydrogens (tertiary/aromatic N) is 1. The van der Waals surface area contributed by atoms with E-state index in [1.54, 1.807) is 12.1 Å². The normalized spacial score (nSPS) is 20.0. The number of nitrogens with one attached hydrogen (secondary N) is 2. The van der Waals surface area contributed by atoms with E-state index < -0.39 is 5.82 Å². The first-order valence-electron chi connectivity index (χ1n) is 9.24. The number of piperidine rings is 1. The molecule has 4 rings (SSSR count). The first-order chi connectivity index (χ1) is 13.5. The Morgan fingerprint density at radius 3 is 2.79 bits per heavy atom. The molecule has 6 nitrogen and oxygen atoms in total. The van der Waals surface area contributed by atoms with E-state index in [1.807, 2.05) is 24.3 Å². The van der Waals surface area contributed by atoms with E-state index in [4.69, 9.17) is 5.73 Å². The number of hydrogen-bond acceptors (Lipinski definition) is 4. The third-order valence-corrected chi connectivity index (χ3v) is 5.22. The summed E-state index contributed by atoms with van der Waals surface area (Å²) in [5, 5.41) is 5.72. The van der Waals surface area contributed by atoms with Crippen LogP contribution < -0.4 is 21.3 Å². The van der Waals surface area contributed by atoms with Crippen molar-refractivity contribution in [2.45, 2.75) is 12.8 Å². The van der Waals surface area contributed by atoms with Crippen molar-refractivity contribution in [1.82, 2.24) is 0 Å². The molecular formula is C21H21FN4O2. The zero-order valence-corrected chi connectivity index (χ0v) is 15.2. The lowest BCUT2D eigenvalue weighted by atomic mass is 9.97. The van der Waals surface area contributed by atoms with Crippen LogP contribution in [0.15, 0.2) is 48.7 Å². The second-order valence-corrected chi connectivity index (χ2v) is 7.05. The number of rotatable bonds is 4. The number of carbonyl (C=O) groups excluding carboxylic acids is 2. The molecule has 1 fully saturated rings. The van der Waals surface area contributed by atoms with Gasteiger partial charge in [-0.2, -0.15) is 0 Å². The summed E-state index contributed by atoms with van der Waals surface area (Å²) in [5.41, 5.74) is 8.25. The fraction of sp³-hybridized carbons (Fsp3) is 0.238. The fourth-order valence-electron chi connectivity index (χ4n) is 3.71. The molecular weight excluding hydrogens is 359 g/mol. The number of benzene rings is 2. The van der Waals surface area contributed by atoms with E-state index in [0.717, 1.165) is 30.8 Å². The zero-order valence-electron chi connectivity index (χ0n) is 15.2. The van der Waals surface area contributed by atoms with Crippen molar-refractivity contribution in [3.8, 4) is 0 Å². The van der Waals surface area contributed by atoms with Crippen molar-refractivity contribution in [2.24, 2.45) is 11.7 Å². The summed E-state index contributed by atoms with van der Waals surface area (Å²) in [6.45, 7) is 1.51. The van der Waals surface area contributed by atoms with Crippen LogP contribution in [0, 0.1) is 11.7 Å². The van der Waals surface area contributed by atoms with Gasteiger partial charge in [0.05, 0.1) is 17.2 Å². The summed E-state index contributed by atoms with van der Waals surface area (Å²) in [5.74, 6) is -1.15. The minimum atomic E-state index is -0.437. The van der Waals surface area contributed by atoms with E-state index in [0.29, 0.717) is 12.2 Å². The average Bonchev–Trinajstić information content (AvgIpc) is 3.03. The average molecular weight is 380 g/mol. The van der Waals surface area contributed by atoms with Crippen molar-refractivity contribution < 1.29 is 14.0 Å². The van der Waals surface area contributed by atoms with Gasteiger partial charge in [-0.05, 0) is 49.2 Å². The molecule has 1 unspecified atom stereocenters. The maximum Gasteiger partial charge on any atom is 0.257 e. The van der Waals surface area contributed by atoms with Gasteiger partial charge in [0.15, 0.2) is 0 Å². The van der Waals surface area contributed by atoms with Crippen LogP contribution in [0.25, 0.3) is 5.57 Å². The highest BCUT2D eigenvalue weighted by Gasteiger charge is 2.27. The summed E-state index contributed by atoms with van der Waals surface area (Å²) in [6.07, 6.45) is 3.28. The summed E-state index contributed by atoms with van der Waals surface area (Å²) < 4.78 is 14.1. The fourth-order valence-corrected chi connectivity index (χ4v) is 3.71. The van der Waals surface area contributed by atoms with Crippen LogP contribution in [-0.4, -0.2) is 24.9 Å². The maximum atomic E-state index is 14.1. The first-order valence-corrected chi connectivity index (χ1v) is 9.24. The molecule has 2 aliphatic heterocycles. The van der Waals surface area contributed by atoms with Gasteiger partial charge in [-0.3, -0.25) is 9.59 Å². The highest BCUT2D eigenvalue weighted by atomic mass is 19.1. The maximum absolute atomic E-state index is 14.1. The molecule has 1 saturated heterocycles. The summed E-state index contributed by atoms with van der Waals surface area (Å²) in [4.78, 5) is 25.7. The molecule has 0 aliphatic carbocycles. The van der Waals surface area contributed by atoms with Gasteiger partial charge < -0.3 is 21.3 Å². The van der Waals surface area contributed by atoms with Crippen molar-refractivity contribution in [3.63, 3.8) is 0 Å². The SMILES string of the molecule is NC(=O)C1CCCN(c2ccc(N/C=C3\C(=O)Nc4cccc(F)c43)cc2)C1. The summed E-state index contributed by atoms with van der Waals surface area (Å²) in [7, 11) is 0. The molecule has 28 heavy (non-hydrogen) atoms. The molecule has 0 radical (unpaired) electrons. The number of halogens is 1. The van der Waals surface area contributed by atoms with Crippen LogP contribution in [0.2, 0.25) is 0 Å². The number of amides is 2. The molecule has 2 heterocycles. The van der Waals surface area contributed by atoms with E-state index in [-0.39, 0.29) is 28.9 Å². The van der Waals surface area contributed by atoms with Gasteiger partial charge in [0.25, 0.3) is 5.91 Å². The monoisotopic (exact) mass is 380 g/mol. The molecule has 4 N–H and O–H groups in total. The van der Waals surface area contributed by atoms with E-state index >= 15 is 0 Å². The number of hydrogen-bond donors (Lipinski definition) is 3. The Balaban J connectivity index is 1.48. The molecule has 2 aliphatic rings. The number of carbonyl (C=O) groups is 2. The molecule has 0 bridgehead atoms. The first kappa shape index (κ1) is 18.0. The van der Waals surface area contributed by atoms with Gasteiger partial charge in [-0.15, -0.1) is 0 Å². The second-order valence-electron chi connectivity index (χ2n) is 7.05. The Labute approximate surface area is 162 Å². The minimum absolute atomic E-state index is 0.118. The van der Waals surface area contributed by atoms with E-state index in [9.17, 15) is 14.0 Å². The molecule has 0 spiro atoms. The van der Waals surface area contributed by atoms with Crippen LogP contribution in [-0.2, 0) is 9.59 Å². The highest BCUT2D eigenvalue weighted by molar-refractivity contribution is 6.31. The molecule has 0 aromatic heterocycles. The molecule has 7 heteroatoms. The largest absolute Gasteiger partial charge is 0.371 e. The van der Waals surface area contributed by atoms with Gasteiger partial charge in [0.1, 0.15) is 5.82 Å². The Morgan fingerprint density at radius 2 is 2.04 bits per heavy atom. The third-order valence-electron chi connectivity index (χ3n) is 5.22. The minimum Gasteiger partial charge on any atom is -0.371 e. The lowest BCUT2D eigenvalue weighted by molar-refractivity contribution is -0.122. The lowest BCUT2D eigenvalue weighted by Crippen LogP contribution is -2.41. The Morgan fingerprint density at radius 1 is 1.25 bits per heavy atom. The second kappa shape index (κ2) is 7.34. The summed E-state index contributed by atoms with van der Waals surface area (Å²) >= 11 is 0. The van der Waals surface area contributed by atoms with Crippen LogP contribution in [0.1, 0.15) is 18.4 Å². The number of primary amides is 1. The molecule has 2 amide bonds. The van der Waals surface area contributed by atoms with Crippen molar-refractivity contribution in [1.29, 1.82) is 0 Å². The molecule has 1 atom stereocenters. The predicted molar refractivity (Wildman–Crippen MR) is 107 cm³/mol. The van der Waals surface area contributed by atoms with E-state index in [2.05, 4.69) is 15.5 Å². The van der Waals surface area contributed by atoms with Crippen LogP contribution in [0.4, 0.5) is 21.5 Å². The quantitative estimate of drug-likeness (QED) is 0.712. The molecule has 2 aromatic carbocycles. The van der Waals surface area contributed by atoms with Gasteiger partial charge in [-0.25, -0.2) is 4.39 Å². The van der Waals surface area contributed by atoms with Crippen molar-refractivity contribution in [2.75, 3.05) is 28.6 Å². The number of fused-ring (bicyclic) bond motifs is 1. The Kier molecular flexibility index (Phi) is 4.73. The topological polar surface area (TPSA) is 87.5 Å². The molecule has 2 aromatic rings. The van der Waals surface area contributed by atoms with Crippen molar-refractivity contribution >= 4 is 34.4 Å². The van der Waals surface area contributed by atoms with Gasteiger partial charge in [-0.1, -0.05) is 6.07 Å². The standard InChI is InChI=1S/C21H21FN4O2/c22-17-4-1-5-18-19(17)16(21(28)25-18)11-24-14-6-8-15(9-7-14)26-10-2-3-13(12-26)20(23)27/h1,4-9,11,13,24H,2-3,10,12H2,(H2,23,27)(H,25,28)/b16-11-. The van der Waals surface area contributed by atoms with E-state index in [1.165, 1.54) is 12.3 Å². The Bertz CT molecular complexity index is 955. The van der Waals surface area contributed by atoms with Crippen molar-refractivity contribution in [3.05, 3.63) is 60.0 Å². The lowest BCUT2D eigenvalue weighted by Gasteiger charge is -2.33. The van der Waals surface area contributed by atoms with Crippen LogP contribution in [0.5, 0.6) is 0 Å². The predicted octanol–water partition coefficient (Wildman–Crippen LogP) is 2.93. The van der Waals surface area contributed by atoms with Gasteiger partial charge >= 0.3 is 0 Å². The number of anilines is 3. The van der Waals surface area contributed by atoms with Gasteiger partial charge in [0.2, 0.25) is 5.91 Å². The summed E-state index contributed by atoms with van der Waals surface area (Å²) in [6, 6.07) is 12.2. The van der Waals surface area contributed by atoms with Crippen LogP contribution >= 0.6 is 0 Å². The molecule has 0 saturated carbocycles. The van der Waals surface area contributed by atoms with Crippen LogP contribution in [0.3, 0.4) is 0 Å². The smallest absolute Gasteiger partial charge is 0.257 e. The van der Waals surface area contributed by atoms with Gasteiger partial charge in [0, 0.05) is 36.2 Å². The Hall–Kier alpha value is -3.35.